The van der Waals surface area contributed by atoms with Gasteiger partial charge in [-0.1, -0.05) is 0 Å². The summed E-state index contributed by atoms with van der Waals surface area (Å²) in [5.74, 6) is 2.44. The van der Waals surface area contributed by atoms with E-state index in [0.717, 1.165) is 24.3 Å². The largest absolute Gasteiger partial charge is 0.374 e. The van der Waals surface area contributed by atoms with Crippen molar-refractivity contribution in [2.75, 3.05) is 25.5 Å². The number of hydrogen-bond donors (Lipinski definition) is 0. The summed E-state index contributed by atoms with van der Waals surface area (Å²) in [5, 5.41) is 0. The molecule has 3 fully saturated rings. The summed E-state index contributed by atoms with van der Waals surface area (Å²) in [5.41, 5.74) is 0. The van der Waals surface area contributed by atoms with Crippen LogP contribution in [0.25, 0.3) is 0 Å². The second kappa shape index (κ2) is 3.11. The van der Waals surface area contributed by atoms with Crippen molar-refractivity contribution in [2.45, 2.75) is 25.0 Å². The van der Waals surface area contributed by atoms with E-state index < -0.39 is 0 Å². The first-order chi connectivity index (χ1) is 6.38. The summed E-state index contributed by atoms with van der Waals surface area (Å²) in [6.07, 6.45) is 3.80. The van der Waals surface area contributed by atoms with Crippen LogP contribution in [0.2, 0.25) is 0 Å². The van der Waals surface area contributed by atoms with Crippen molar-refractivity contribution < 1.29 is 4.74 Å². The van der Waals surface area contributed by atoms with Gasteiger partial charge < -0.3 is 9.64 Å². The molecular formula is C10H16ClNO. The number of hydrogen-bond acceptors (Lipinski definition) is 2. The Bertz CT molecular complexity index is 193. The molecular weight excluding hydrogens is 186 g/mol. The lowest BCUT2D eigenvalue weighted by atomic mass is 9.82. The zero-order valence-electron chi connectivity index (χ0n) is 7.79. The molecule has 0 unspecified atom stereocenters. The second-order valence-electron chi connectivity index (χ2n) is 4.57. The summed E-state index contributed by atoms with van der Waals surface area (Å²) < 4.78 is 5.91. The minimum Gasteiger partial charge on any atom is -0.374 e. The van der Waals surface area contributed by atoms with Crippen LogP contribution in [0.15, 0.2) is 0 Å². The zero-order valence-corrected chi connectivity index (χ0v) is 8.54. The van der Waals surface area contributed by atoms with E-state index in [4.69, 9.17) is 16.3 Å². The van der Waals surface area contributed by atoms with Gasteiger partial charge in [-0.25, -0.2) is 0 Å². The normalized spacial score (nSPS) is 48.7. The van der Waals surface area contributed by atoms with Crippen LogP contribution in [0, 0.1) is 11.8 Å². The molecule has 0 aliphatic carbocycles. The first-order valence-corrected chi connectivity index (χ1v) is 5.85. The van der Waals surface area contributed by atoms with Crippen molar-refractivity contribution in [1.82, 2.24) is 4.90 Å². The Balaban J connectivity index is 1.69. The van der Waals surface area contributed by atoms with E-state index in [9.17, 15) is 0 Å². The van der Waals surface area contributed by atoms with Crippen molar-refractivity contribution in [3.63, 3.8) is 0 Å². The molecule has 4 atom stereocenters. The fourth-order valence-corrected chi connectivity index (χ4v) is 3.59. The Morgan fingerprint density at radius 2 is 1.77 bits per heavy atom. The predicted octanol–water partition coefficient (Wildman–Crippen LogP) is 1.33. The van der Waals surface area contributed by atoms with Crippen molar-refractivity contribution in [1.29, 1.82) is 0 Å². The van der Waals surface area contributed by atoms with Crippen LogP contribution in [0.1, 0.15) is 12.8 Å². The molecule has 3 heterocycles. The summed E-state index contributed by atoms with van der Waals surface area (Å²) in [6, 6.07) is 0. The maximum atomic E-state index is 5.91. The quantitative estimate of drug-likeness (QED) is 0.626. The molecule has 0 aromatic heterocycles. The molecule has 0 radical (unpaired) electrons. The molecule has 2 nitrogen and oxygen atoms in total. The monoisotopic (exact) mass is 201 g/mol. The van der Waals surface area contributed by atoms with E-state index in [2.05, 4.69) is 4.90 Å². The van der Waals surface area contributed by atoms with Gasteiger partial charge in [-0.2, -0.15) is 0 Å². The van der Waals surface area contributed by atoms with Crippen molar-refractivity contribution in [3.8, 4) is 0 Å². The highest BCUT2D eigenvalue weighted by atomic mass is 35.5. The Labute approximate surface area is 84.2 Å². The van der Waals surface area contributed by atoms with E-state index in [0.29, 0.717) is 12.2 Å². The standard InChI is InChI=1S/C10H16ClNO/c11-3-4-12-5-7-8(6-12)10-2-1-9(7)13-10/h7-10H,1-6H2/t7-,8-,9-,10+/m0/s1. The lowest BCUT2D eigenvalue weighted by Crippen LogP contribution is -2.26. The van der Waals surface area contributed by atoms with Gasteiger partial charge in [-0.3, -0.25) is 0 Å². The summed E-state index contributed by atoms with van der Waals surface area (Å²) in [6.45, 7) is 3.53. The van der Waals surface area contributed by atoms with Crippen LogP contribution in [0.3, 0.4) is 0 Å². The molecule has 2 bridgehead atoms. The number of halogens is 1. The van der Waals surface area contributed by atoms with Crippen LogP contribution >= 0.6 is 11.6 Å². The van der Waals surface area contributed by atoms with Crippen LogP contribution < -0.4 is 0 Å². The van der Waals surface area contributed by atoms with Crippen LogP contribution in [-0.4, -0.2) is 42.6 Å². The number of fused-ring (bicyclic) bond motifs is 5. The smallest absolute Gasteiger partial charge is 0.0624 e. The molecule has 3 aliphatic heterocycles. The van der Waals surface area contributed by atoms with E-state index in [1.165, 1.54) is 25.9 Å². The van der Waals surface area contributed by atoms with Gasteiger partial charge in [0.2, 0.25) is 0 Å². The topological polar surface area (TPSA) is 12.5 Å². The Morgan fingerprint density at radius 1 is 1.15 bits per heavy atom. The lowest BCUT2D eigenvalue weighted by molar-refractivity contribution is 0.0714. The van der Waals surface area contributed by atoms with Gasteiger partial charge >= 0.3 is 0 Å². The van der Waals surface area contributed by atoms with Crippen molar-refractivity contribution in [3.05, 3.63) is 0 Å². The van der Waals surface area contributed by atoms with Crippen LogP contribution in [-0.2, 0) is 4.74 Å². The molecule has 13 heavy (non-hydrogen) atoms. The average molecular weight is 202 g/mol. The average Bonchev–Trinajstić information content (AvgIpc) is 2.72. The number of rotatable bonds is 2. The minimum absolute atomic E-state index is 0.593. The summed E-state index contributed by atoms with van der Waals surface area (Å²) >= 11 is 5.75. The maximum absolute atomic E-state index is 5.91. The number of ether oxygens (including phenoxy) is 1. The van der Waals surface area contributed by atoms with Gasteiger partial charge in [0, 0.05) is 37.4 Å². The third-order valence-corrected chi connectivity index (χ3v) is 4.10. The van der Waals surface area contributed by atoms with E-state index in [1.54, 1.807) is 0 Å². The van der Waals surface area contributed by atoms with Crippen LogP contribution in [0.5, 0.6) is 0 Å². The number of likely N-dealkylation sites (tertiary alicyclic amines) is 1. The molecule has 3 saturated heterocycles. The van der Waals surface area contributed by atoms with Gasteiger partial charge in [0.15, 0.2) is 0 Å². The minimum atomic E-state index is 0.593. The zero-order chi connectivity index (χ0) is 8.84. The van der Waals surface area contributed by atoms with Gasteiger partial charge in [0.25, 0.3) is 0 Å². The fourth-order valence-electron chi connectivity index (χ4n) is 3.35. The van der Waals surface area contributed by atoms with E-state index in [-0.39, 0.29) is 0 Å². The van der Waals surface area contributed by atoms with E-state index >= 15 is 0 Å². The second-order valence-corrected chi connectivity index (χ2v) is 4.94. The Hall–Kier alpha value is 0.210. The molecule has 0 amide bonds. The first-order valence-electron chi connectivity index (χ1n) is 5.32. The molecule has 0 saturated carbocycles. The van der Waals surface area contributed by atoms with Crippen LogP contribution in [0.4, 0.5) is 0 Å². The number of alkyl halides is 1. The maximum Gasteiger partial charge on any atom is 0.0624 e. The highest BCUT2D eigenvalue weighted by molar-refractivity contribution is 6.18. The summed E-state index contributed by atoms with van der Waals surface area (Å²) in [4.78, 5) is 2.51. The third-order valence-electron chi connectivity index (χ3n) is 3.93. The molecule has 0 aromatic carbocycles. The fraction of sp³-hybridized carbons (Fsp3) is 1.00. The number of nitrogens with zero attached hydrogens (tertiary/aromatic N) is 1. The third kappa shape index (κ3) is 1.23. The van der Waals surface area contributed by atoms with Gasteiger partial charge in [-0.15, -0.1) is 11.6 Å². The van der Waals surface area contributed by atoms with Crippen molar-refractivity contribution >= 4 is 11.6 Å². The highest BCUT2D eigenvalue weighted by Gasteiger charge is 2.52. The molecule has 3 aliphatic rings. The van der Waals surface area contributed by atoms with Gasteiger partial charge in [0.1, 0.15) is 0 Å². The molecule has 0 spiro atoms. The molecule has 0 N–H and O–H groups in total. The molecule has 74 valence electrons. The van der Waals surface area contributed by atoms with Gasteiger partial charge in [0.05, 0.1) is 12.2 Å². The Kier molecular flexibility index (Phi) is 2.04. The summed E-state index contributed by atoms with van der Waals surface area (Å²) in [7, 11) is 0. The first kappa shape index (κ1) is 8.51. The van der Waals surface area contributed by atoms with E-state index in [1.807, 2.05) is 0 Å². The molecule has 3 heteroatoms. The SMILES string of the molecule is ClCCN1C[C@H]2[C@H](C1)[C@H]1CC[C@@H]2O1. The Morgan fingerprint density at radius 3 is 2.31 bits per heavy atom. The highest BCUT2D eigenvalue weighted by Crippen LogP contribution is 2.46. The van der Waals surface area contributed by atoms with Gasteiger partial charge in [-0.05, 0) is 12.8 Å². The molecule has 3 rings (SSSR count). The lowest BCUT2D eigenvalue weighted by Gasteiger charge is -2.18. The predicted molar refractivity (Wildman–Crippen MR) is 52.0 cm³/mol. The van der Waals surface area contributed by atoms with Crippen molar-refractivity contribution in [2.24, 2.45) is 11.8 Å². The molecule has 0 aromatic rings.